The van der Waals surface area contributed by atoms with Gasteiger partial charge in [0, 0.05) is 12.4 Å². The van der Waals surface area contributed by atoms with E-state index in [1.807, 2.05) is 226 Å². The first-order valence-electron chi connectivity index (χ1n) is 42.8. The minimum absolute atomic E-state index is 0.264. The Morgan fingerprint density at radius 1 is 0.184 bits per heavy atom. The number of benzene rings is 12. The predicted molar refractivity (Wildman–Crippen MR) is 499 cm³/mol. The summed E-state index contributed by atoms with van der Waals surface area (Å²) in [5.41, 5.74) is 26.5. The molecule has 0 aliphatic carbocycles. The van der Waals surface area contributed by atoms with E-state index in [1.165, 1.54) is 12.5 Å². The van der Waals surface area contributed by atoms with Crippen LogP contribution in [0.25, 0.3) is 213 Å². The SMILES string of the molecule is c1cc(-c2ccc3nc4occn4c3c2)cc(-c2ccc3nc4oc(Oc5cn6c(nc7ccccc76)o5)cn4c3c2)c1.c1cc(-c2ccc3nc4occn4c3c2)cc(-c2ccc3nc4occ(Oc5coc6nc7ccccc7n56)n4c3c2)c1.c1ccc2c(c1)nc1oc(Oc3cn4c(nc5ccccc54)o3)cn12.c1ccc2c(c1)nc1occ(Oc3coc4nc5ccccc5n34)n12. The van der Waals surface area contributed by atoms with Gasteiger partial charge in [0.15, 0.2) is 25.1 Å². The smallest absolute Gasteiger partial charge is 0.312 e. The van der Waals surface area contributed by atoms with Crippen LogP contribution in [0.3, 0.4) is 0 Å². The van der Waals surface area contributed by atoms with Gasteiger partial charge in [-0.1, -0.05) is 133 Å². The van der Waals surface area contributed by atoms with Crippen molar-refractivity contribution >= 4 is 169 Å². The van der Waals surface area contributed by atoms with Crippen molar-refractivity contribution in [2.75, 3.05) is 0 Å². The molecule has 0 radical (unpaired) electrons. The van der Waals surface area contributed by atoms with E-state index in [-0.39, 0.29) is 11.9 Å². The largest absolute Gasteiger partial charge is 0.432 e. The van der Waals surface area contributed by atoms with Crippen LogP contribution in [0.4, 0.5) is 0 Å². The monoisotopic (exact) mass is 1780 g/mol. The zero-order chi connectivity index (χ0) is 88.9. The molecular weight excluding hydrogens is 1730 g/mol. The molecule has 34 nitrogen and oxygen atoms in total. The van der Waals surface area contributed by atoms with E-state index < -0.39 is 0 Å². The summed E-state index contributed by atoms with van der Waals surface area (Å²) in [7, 11) is 0. The molecule has 32 aromatic rings. The van der Waals surface area contributed by atoms with Crippen molar-refractivity contribution < 1.29 is 63.1 Å². The summed E-state index contributed by atoms with van der Waals surface area (Å²) < 4.78 is 99.2. The van der Waals surface area contributed by atoms with Crippen LogP contribution in [0.2, 0.25) is 0 Å². The number of fused-ring (bicyclic) bond motifs is 30. The van der Waals surface area contributed by atoms with Crippen molar-refractivity contribution in [1.29, 1.82) is 0 Å². The van der Waals surface area contributed by atoms with E-state index >= 15 is 0 Å². The molecule has 0 atom stereocenters. The van der Waals surface area contributed by atoms with Crippen molar-refractivity contribution in [2.45, 2.75) is 0 Å². The van der Waals surface area contributed by atoms with Crippen LogP contribution >= 0.6 is 0 Å². The van der Waals surface area contributed by atoms with Gasteiger partial charge < -0.3 is 63.1 Å². The van der Waals surface area contributed by atoms with Gasteiger partial charge in [0.25, 0.3) is 0 Å². The number of oxazole rings is 10. The van der Waals surface area contributed by atoms with E-state index in [1.54, 1.807) is 49.8 Å². The van der Waals surface area contributed by atoms with Gasteiger partial charge in [0.2, 0.25) is 23.5 Å². The van der Waals surface area contributed by atoms with Crippen LogP contribution in [-0.2, 0) is 0 Å². The van der Waals surface area contributed by atoms with Crippen LogP contribution in [0, 0.1) is 0 Å². The van der Waals surface area contributed by atoms with E-state index in [2.05, 4.69) is 147 Å². The molecule has 0 N–H and O–H groups in total. The molecule has 32 rings (SSSR count). The molecule has 20 heterocycles. The van der Waals surface area contributed by atoms with Crippen molar-refractivity contribution in [2.24, 2.45) is 0 Å². The minimum atomic E-state index is 0.264. The fourth-order valence-electron chi connectivity index (χ4n) is 17.9. The molecule has 0 amide bonds. The molecule has 0 bridgehead atoms. The highest BCUT2D eigenvalue weighted by Gasteiger charge is 2.26. The molecular formula is C102H56N20O14. The lowest BCUT2D eigenvalue weighted by Gasteiger charge is -2.07. The molecule has 20 aromatic heterocycles. The van der Waals surface area contributed by atoms with Gasteiger partial charge in [0.05, 0.1) is 135 Å². The minimum Gasteiger partial charge on any atom is -0.432 e. The Morgan fingerprint density at radius 2 is 0.426 bits per heavy atom. The maximum atomic E-state index is 6.34. The van der Waals surface area contributed by atoms with Gasteiger partial charge in [-0.05, 0) is 178 Å². The maximum Gasteiger partial charge on any atom is 0.312 e. The number of rotatable bonds is 12. The zero-order valence-corrected chi connectivity index (χ0v) is 70.0. The summed E-state index contributed by atoms with van der Waals surface area (Å²) in [5.74, 6) is 7.97. The highest BCUT2D eigenvalue weighted by Crippen LogP contribution is 2.41. The third-order valence-corrected chi connectivity index (χ3v) is 24.2. The number of nitrogens with zero attached hydrogens (tertiary/aromatic N) is 20. The standard InChI is InChI=1S/2C33H18N6O4.2C18H10N4O3/c1-2-7-26-23(6-1)35-32-38(26)29(17-41-32)43-30-18-42-33-36-25-11-9-22(16-28(25)39(30)33)20-5-3-4-19(14-20)21-8-10-24-27(15-21)37-12-13-40-31(37)34-24;1-2-7-26-23(6-1)35-32-38(26)17-29(42-32)41-30-18-39-28-16-22(9-11-25(28)36-33(39)43-30)20-5-3-4-19(14-20)21-8-10-24-27(15-21)37-12-13-40-31(37)34-24;1-3-7-13-11(5-1)19-17-21(13)15(9-23-17)25-16-10-24-18-20-12-6-2-4-8-14(12)22(16)18;1-3-7-13-11(5-1)19-17-21(13)9-15(24-17)23-16-10-22-14-8-4-2-6-12(14)20-18(22)25-16/h2*1-18H;2*1-10H. The molecule has 0 unspecified atom stereocenters. The van der Waals surface area contributed by atoms with Crippen molar-refractivity contribution in [3.05, 3.63) is 342 Å². The Morgan fingerprint density at radius 3 is 0.757 bits per heavy atom. The van der Waals surface area contributed by atoms with Crippen LogP contribution in [0.15, 0.2) is 386 Å². The number of para-hydroxylation sites is 12. The Hall–Kier alpha value is -20.1. The zero-order valence-electron chi connectivity index (χ0n) is 70.0. The van der Waals surface area contributed by atoms with E-state index in [0.29, 0.717) is 93.9 Å². The molecule has 136 heavy (non-hydrogen) atoms. The lowest BCUT2D eigenvalue weighted by atomic mass is 9.98. The molecule has 12 aromatic carbocycles. The first-order chi connectivity index (χ1) is 67.2. The summed E-state index contributed by atoms with van der Waals surface area (Å²) in [6, 6.07) is 88.6. The second-order valence-electron chi connectivity index (χ2n) is 32.1. The van der Waals surface area contributed by atoms with Gasteiger partial charge in [-0.3, -0.25) is 26.4 Å². The second kappa shape index (κ2) is 28.7. The average molecular weight is 1790 g/mol. The maximum absolute atomic E-state index is 6.34. The van der Waals surface area contributed by atoms with Crippen LogP contribution in [0.5, 0.6) is 47.3 Å². The quantitative estimate of drug-likeness (QED) is 0.110. The average Bonchev–Trinajstić information content (AvgIpc) is 1.59. The molecule has 34 heteroatoms. The van der Waals surface area contributed by atoms with Crippen LogP contribution in [-0.4, -0.2) is 93.8 Å². The molecule has 0 saturated heterocycles. The number of hydrogen-bond donors (Lipinski definition) is 0. The number of ether oxygens (including phenoxy) is 4. The Labute approximate surface area is 755 Å². The van der Waals surface area contributed by atoms with Gasteiger partial charge >= 0.3 is 82.2 Å². The summed E-state index contributed by atoms with van der Waals surface area (Å²) in [6.45, 7) is 0. The molecule has 0 spiro atoms. The van der Waals surface area contributed by atoms with Crippen LogP contribution in [0.1, 0.15) is 0 Å². The Balaban J connectivity index is 0.0000000907. The first kappa shape index (κ1) is 73.9. The molecule has 0 saturated carbocycles. The molecule has 0 aliphatic rings. The van der Waals surface area contributed by atoms with Gasteiger partial charge in [-0.2, -0.15) is 49.8 Å². The Bertz CT molecular complexity index is 10200. The van der Waals surface area contributed by atoms with E-state index in [4.69, 9.17) is 63.1 Å². The van der Waals surface area contributed by atoms with Crippen molar-refractivity contribution in [3.8, 4) is 91.8 Å². The van der Waals surface area contributed by atoms with E-state index in [0.717, 1.165) is 155 Å². The Kier molecular flexibility index (Phi) is 15.6. The highest BCUT2D eigenvalue weighted by molar-refractivity contribution is 5.93. The van der Waals surface area contributed by atoms with Gasteiger partial charge in [-0.15, -0.1) is 0 Å². The normalized spacial score (nSPS) is 12.1. The molecule has 648 valence electrons. The van der Waals surface area contributed by atoms with Gasteiger partial charge in [-0.25, -0.2) is 17.6 Å². The van der Waals surface area contributed by atoms with E-state index in [9.17, 15) is 0 Å². The third kappa shape index (κ3) is 11.9. The molecule has 0 aliphatic heterocycles. The summed E-state index contributed by atoms with van der Waals surface area (Å²) in [4.78, 5) is 45.1. The second-order valence-corrected chi connectivity index (χ2v) is 32.1. The van der Waals surface area contributed by atoms with Crippen molar-refractivity contribution in [1.82, 2.24) is 93.8 Å². The number of hydrogen-bond acceptors (Lipinski definition) is 24. The topological polar surface area (TPSA) is 341 Å². The van der Waals surface area contributed by atoms with Gasteiger partial charge in [0.1, 0.15) is 12.5 Å². The fourth-order valence-corrected chi connectivity index (χ4v) is 17.9. The third-order valence-electron chi connectivity index (χ3n) is 24.2. The van der Waals surface area contributed by atoms with Crippen molar-refractivity contribution in [3.63, 3.8) is 0 Å². The number of aromatic nitrogens is 20. The first-order valence-corrected chi connectivity index (χ1v) is 42.8. The lowest BCUT2D eigenvalue weighted by molar-refractivity contribution is 0.292. The fraction of sp³-hybridized carbons (Fsp3) is 0. The highest BCUT2D eigenvalue weighted by atomic mass is 16.7. The lowest BCUT2D eigenvalue weighted by Crippen LogP contribution is -1.92. The number of imidazole rings is 10. The predicted octanol–water partition coefficient (Wildman–Crippen LogP) is 24.5. The molecule has 0 fully saturated rings. The summed E-state index contributed by atoms with van der Waals surface area (Å²) >= 11 is 0. The summed E-state index contributed by atoms with van der Waals surface area (Å²) in [5, 5.41) is 0. The summed E-state index contributed by atoms with van der Waals surface area (Å²) in [6.07, 6.45) is 20.2. The van der Waals surface area contributed by atoms with Crippen LogP contribution < -0.4 is 18.9 Å².